The van der Waals surface area contributed by atoms with Crippen LogP contribution in [-0.4, -0.2) is 31.3 Å². The summed E-state index contributed by atoms with van der Waals surface area (Å²) in [6, 6.07) is 16.6. The van der Waals surface area contributed by atoms with Gasteiger partial charge in [0.15, 0.2) is 5.58 Å². The van der Waals surface area contributed by atoms with Crippen molar-refractivity contribution in [2.75, 3.05) is 31.2 Å². The number of oxazole rings is 1. The minimum absolute atomic E-state index is 0.352. The predicted octanol–water partition coefficient (Wildman–Crippen LogP) is 3.24. The standard InChI is InChI=1S/C19H18N2O3/c1-2-4-14(5-3-1)9-23-15-6-7-16-17(8-15)24-18(20-16)21-10-19(11-21)12-22-13-19/h1-8H,9-13H2. The van der Waals surface area contributed by atoms with Gasteiger partial charge in [0.1, 0.15) is 17.9 Å². The summed E-state index contributed by atoms with van der Waals surface area (Å²) in [5.74, 6) is 0.793. The van der Waals surface area contributed by atoms with E-state index in [1.165, 1.54) is 0 Å². The van der Waals surface area contributed by atoms with Crippen molar-refractivity contribution in [1.29, 1.82) is 0 Å². The highest BCUT2D eigenvalue weighted by atomic mass is 16.5. The van der Waals surface area contributed by atoms with Gasteiger partial charge in [0.05, 0.1) is 18.6 Å². The van der Waals surface area contributed by atoms with Crippen LogP contribution in [0.1, 0.15) is 5.56 Å². The van der Waals surface area contributed by atoms with Crippen molar-refractivity contribution in [3.05, 3.63) is 54.1 Å². The lowest BCUT2D eigenvalue weighted by Crippen LogP contribution is -2.66. The average Bonchev–Trinajstić information content (AvgIpc) is 2.94. The van der Waals surface area contributed by atoms with Crippen LogP contribution >= 0.6 is 0 Å². The summed E-state index contributed by atoms with van der Waals surface area (Å²) < 4.78 is 17.1. The average molecular weight is 322 g/mol. The quantitative estimate of drug-likeness (QED) is 0.738. The Balaban J connectivity index is 1.31. The van der Waals surface area contributed by atoms with Crippen LogP contribution in [0.3, 0.4) is 0 Å². The molecule has 3 heterocycles. The topological polar surface area (TPSA) is 47.7 Å². The van der Waals surface area contributed by atoms with E-state index in [0.717, 1.165) is 48.7 Å². The number of fused-ring (bicyclic) bond motifs is 1. The molecule has 2 aliphatic rings. The third kappa shape index (κ3) is 2.32. The molecule has 0 saturated carbocycles. The van der Waals surface area contributed by atoms with Crippen LogP contribution in [0.4, 0.5) is 6.01 Å². The van der Waals surface area contributed by atoms with E-state index >= 15 is 0 Å². The van der Waals surface area contributed by atoms with Crippen molar-refractivity contribution in [3.63, 3.8) is 0 Å². The van der Waals surface area contributed by atoms with Gasteiger partial charge in [0.2, 0.25) is 0 Å². The molecule has 2 fully saturated rings. The Morgan fingerprint density at radius 2 is 1.92 bits per heavy atom. The van der Waals surface area contributed by atoms with Crippen molar-refractivity contribution < 1.29 is 13.9 Å². The second kappa shape index (κ2) is 5.24. The summed E-state index contributed by atoms with van der Waals surface area (Å²) in [7, 11) is 0. The third-order valence-electron chi connectivity index (χ3n) is 4.74. The Hall–Kier alpha value is -2.53. The summed E-state index contributed by atoms with van der Waals surface area (Å²) in [5.41, 5.74) is 3.12. The minimum Gasteiger partial charge on any atom is -0.489 e. The van der Waals surface area contributed by atoms with E-state index in [-0.39, 0.29) is 0 Å². The lowest BCUT2D eigenvalue weighted by Gasteiger charge is -2.54. The number of hydrogen-bond donors (Lipinski definition) is 0. The molecule has 2 saturated heterocycles. The molecule has 5 nitrogen and oxygen atoms in total. The van der Waals surface area contributed by atoms with Crippen molar-refractivity contribution in [3.8, 4) is 5.75 Å². The first-order chi connectivity index (χ1) is 11.8. The van der Waals surface area contributed by atoms with Crippen LogP contribution < -0.4 is 9.64 Å². The molecule has 0 radical (unpaired) electrons. The number of anilines is 1. The SMILES string of the molecule is c1ccc(COc2ccc3nc(N4CC5(COC5)C4)oc3c2)cc1. The molecule has 0 bridgehead atoms. The molecule has 1 aromatic heterocycles. The molecule has 5 rings (SSSR count). The van der Waals surface area contributed by atoms with E-state index in [9.17, 15) is 0 Å². The number of hydrogen-bond acceptors (Lipinski definition) is 5. The second-order valence-electron chi connectivity index (χ2n) is 6.75. The van der Waals surface area contributed by atoms with Gasteiger partial charge in [-0.2, -0.15) is 4.98 Å². The Morgan fingerprint density at radius 1 is 1.08 bits per heavy atom. The molecule has 3 aromatic rings. The van der Waals surface area contributed by atoms with Crippen molar-refractivity contribution in [2.24, 2.45) is 5.41 Å². The Kier molecular flexibility index (Phi) is 3.03. The highest BCUT2D eigenvalue weighted by molar-refractivity contribution is 5.76. The first-order valence-corrected chi connectivity index (χ1v) is 8.20. The lowest BCUT2D eigenvalue weighted by atomic mass is 9.78. The first kappa shape index (κ1) is 13.9. The number of rotatable bonds is 4. The summed E-state index contributed by atoms with van der Waals surface area (Å²) in [4.78, 5) is 6.75. The number of nitrogens with zero attached hydrogens (tertiary/aromatic N) is 2. The fourth-order valence-corrected chi connectivity index (χ4v) is 3.33. The summed E-state index contributed by atoms with van der Waals surface area (Å²) >= 11 is 0. The molecular formula is C19H18N2O3. The molecule has 122 valence electrons. The summed E-state index contributed by atoms with van der Waals surface area (Å²) in [5, 5.41) is 0. The molecule has 0 atom stereocenters. The summed E-state index contributed by atoms with van der Waals surface area (Å²) in [6.07, 6.45) is 0. The third-order valence-corrected chi connectivity index (χ3v) is 4.74. The van der Waals surface area contributed by atoms with E-state index in [2.05, 4.69) is 22.0 Å². The Morgan fingerprint density at radius 3 is 2.67 bits per heavy atom. The normalized spacial score (nSPS) is 18.4. The zero-order valence-electron chi connectivity index (χ0n) is 13.3. The van der Waals surface area contributed by atoms with Gasteiger partial charge in [-0.15, -0.1) is 0 Å². The molecule has 2 aliphatic heterocycles. The van der Waals surface area contributed by atoms with E-state index in [1.807, 2.05) is 36.4 Å². The molecule has 0 amide bonds. The fraction of sp³-hybridized carbons (Fsp3) is 0.316. The maximum atomic E-state index is 5.92. The fourth-order valence-electron chi connectivity index (χ4n) is 3.33. The zero-order valence-corrected chi connectivity index (χ0v) is 13.3. The molecular weight excluding hydrogens is 304 g/mol. The highest BCUT2D eigenvalue weighted by Gasteiger charge is 2.50. The largest absolute Gasteiger partial charge is 0.489 e. The van der Waals surface area contributed by atoms with E-state index < -0.39 is 0 Å². The van der Waals surface area contributed by atoms with E-state index in [0.29, 0.717) is 18.0 Å². The smallest absolute Gasteiger partial charge is 0.298 e. The Labute approximate surface area is 139 Å². The monoisotopic (exact) mass is 322 g/mol. The molecule has 0 unspecified atom stereocenters. The van der Waals surface area contributed by atoms with Crippen molar-refractivity contribution in [2.45, 2.75) is 6.61 Å². The van der Waals surface area contributed by atoms with Crippen LogP contribution in [0.2, 0.25) is 0 Å². The van der Waals surface area contributed by atoms with Gasteiger partial charge in [0, 0.05) is 19.2 Å². The molecule has 1 spiro atoms. The van der Waals surface area contributed by atoms with Crippen LogP contribution in [0, 0.1) is 5.41 Å². The number of benzene rings is 2. The van der Waals surface area contributed by atoms with Crippen LogP contribution in [0.5, 0.6) is 5.75 Å². The van der Waals surface area contributed by atoms with Gasteiger partial charge < -0.3 is 18.8 Å². The maximum absolute atomic E-state index is 5.92. The highest BCUT2D eigenvalue weighted by Crippen LogP contribution is 2.40. The van der Waals surface area contributed by atoms with Crippen LogP contribution in [0.15, 0.2) is 52.9 Å². The second-order valence-corrected chi connectivity index (χ2v) is 6.75. The summed E-state index contributed by atoms with van der Waals surface area (Å²) in [6.45, 7) is 4.21. The van der Waals surface area contributed by atoms with Crippen molar-refractivity contribution in [1.82, 2.24) is 4.98 Å². The van der Waals surface area contributed by atoms with Gasteiger partial charge in [-0.3, -0.25) is 0 Å². The maximum Gasteiger partial charge on any atom is 0.298 e. The molecule has 0 aliphatic carbocycles. The molecule has 2 aromatic carbocycles. The molecule has 0 N–H and O–H groups in total. The Bertz CT molecular complexity index is 863. The number of ether oxygens (including phenoxy) is 2. The van der Waals surface area contributed by atoms with Gasteiger partial charge in [0.25, 0.3) is 6.01 Å². The lowest BCUT2D eigenvalue weighted by molar-refractivity contribution is -0.128. The van der Waals surface area contributed by atoms with Gasteiger partial charge in [-0.25, -0.2) is 0 Å². The first-order valence-electron chi connectivity index (χ1n) is 8.20. The number of aromatic nitrogens is 1. The van der Waals surface area contributed by atoms with Crippen LogP contribution in [0.25, 0.3) is 11.1 Å². The van der Waals surface area contributed by atoms with E-state index in [4.69, 9.17) is 13.9 Å². The molecule has 24 heavy (non-hydrogen) atoms. The minimum atomic E-state index is 0.352. The predicted molar refractivity (Wildman–Crippen MR) is 90.2 cm³/mol. The molecule has 5 heteroatoms. The van der Waals surface area contributed by atoms with Gasteiger partial charge in [-0.1, -0.05) is 30.3 Å². The van der Waals surface area contributed by atoms with Crippen LogP contribution in [-0.2, 0) is 11.3 Å². The zero-order chi connectivity index (χ0) is 16.0. The van der Waals surface area contributed by atoms with Gasteiger partial charge >= 0.3 is 0 Å². The van der Waals surface area contributed by atoms with Gasteiger partial charge in [-0.05, 0) is 17.7 Å². The van der Waals surface area contributed by atoms with E-state index in [1.54, 1.807) is 0 Å². The van der Waals surface area contributed by atoms with Crippen molar-refractivity contribution >= 4 is 17.1 Å².